The maximum Gasteiger partial charge on any atom is 0.312 e. The van der Waals surface area contributed by atoms with Gasteiger partial charge in [0.05, 0.1) is 5.69 Å². The van der Waals surface area contributed by atoms with Gasteiger partial charge in [0, 0.05) is 5.69 Å². The highest BCUT2D eigenvalue weighted by Gasteiger charge is 2.21. The molecule has 1 unspecified atom stereocenters. The number of carboxylic acid groups (broad SMARTS) is 1. The lowest BCUT2D eigenvalue weighted by Gasteiger charge is -2.13. The molecule has 2 aromatic rings. The Morgan fingerprint density at radius 2 is 1.95 bits per heavy atom. The van der Waals surface area contributed by atoms with Crippen molar-refractivity contribution in [2.75, 3.05) is 0 Å². The zero-order chi connectivity index (χ0) is 13.8. The molecule has 3 heteroatoms. The fourth-order valence-corrected chi connectivity index (χ4v) is 2.15. The van der Waals surface area contributed by atoms with Gasteiger partial charge in [-0.2, -0.15) is 0 Å². The first-order valence-electron chi connectivity index (χ1n) is 6.28. The van der Waals surface area contributed by atoms with Crippen LogP contribution in [-0.2, 0) is 11.2 Å². The van der Waals surface area contributed by atoms with Crippen LogP contribution in [0.3, 0.4) is 0 Å². The maximum atomic E-state index is 11.5. The second-order valence-electron chi connectivity index (χ2n) is 4.79. The summed E-state index contributed by atoms with van der Waals surface area (Å²) in [5.74, 6) is -1.43. The van der Waals surface area contributed by atoms with E-state index in [1.165, 1.54) is 0 Å². The SMILES string of the molecule is Cc1cccc(CC(C(=O)O)c2cccc(C)n2)c1. The van der Waals surface area contributed by atoms with Gasteiger partial charge in [0.15, 0.2) is 0 Å². The second kappa shape index (κ2) is 5.65. The molecule has 2 rings (SSSR count). The zero-order valence-corrected chi connectivity index (χ0v) is 11.1. The lowest BCUT2D eigenvalue weighted by molar-refractivity contribution is -0.138. The molecule has 0 spiro atoms. The summed E-state index contributed by atoms with van der Waals surface area (Å²) < 4.78 is 0. The van der Waals surface area contributed by atoms with E-state index in [4.69, 9.17) is 0 Å². The van der Waals surface area contributed by atoms with Crippen molar-refractivity contribution in [3.05, 3.63) is 65.0 Å². The van der Waals surface area contributed by atoms with Crippen LogP contribution in [0.1, 0.15) is 28.4 Å². The van der Waals surface area contributed by atoms with Crippen LogP contribution in [0.2, 0.25) is 0 Å². The molecule has 1 heterocycles. The molecule has 0 aliphatic heterocycles. The maximum absolute atomic E-state index is 11.5. The molecular weight excluding hydrogens is 238 g/mol. The van der Waals surface area contributed by atoms with Crippen molar-refractivity contribution in [2.24, 2.45) is 0 Å². The van der Waals surface area contributed by atoms with Crippen LogP contribution in [0.4, 0.5) is 0 Å². The Kier molecular flexibility index (Phi) is 3.95. The van der Waals surface area contributed by atoms with Crippen molar-refractivity contribution in [3.63, 3.8) is 0 Å². The summed E-state index contributed by atoms with van der Waals surface area (Å²) in [6.07, 6.45) is 0.466. The molecule has 3 nitrogen and oxygen atoms in total. The third-order valence-corrected chi connectivity index (χ3v) is 3.09. The lowest BCUT2D eigenvalue weighted by Crippen LogP contribution is -2.16. The lowest BCUT2D eigenvalue weighted by atomic mass is 9.95. The largest absolute Gasteiger partial charge is 0.481 e. The molecule has 1 atom stereocenters. The molecule has 0 aliphatic rings. The van der Waals surface area contributed by atoms with Crippen LogP contribution in [0.25, 0.3) is 0 Å². The van der Waals surface area contributed by atoms with E-state index >= 15 is 0 Å². The van der Waals surface area contributed by atoms with Gasteiger partial charge in [0.1, 0.15) is 5.92 Å². The summed E-state index contributed by atoms with van der Waals surface area (Å²) in [5.41, 5.74) is 3.62. The van der Waals surface area contributed by atoms with Crippen molar-refractivity contribution >= 4 is 5.97 Å². The van der Waals surface area contributed by atoms with E-state index in [0.29, 0.717) is 12.1 Å². The molecule has 1 N–H and O–H groups in total. The van der Waals surface area contributed by atoms with E-state index < -0.39 is 11.9 Å². The first-order chi connectivity index (χ1) is 9.06. The minimum absolute atomic E-state index is 0.466. The Morgan fingerprint density at radius 3 is 2.58 bits per heavy atom. The molecule has 0 bridgehead atoms. The van der Waals surface area contributed by atoms with Crippen molar-refractivity contribution in [2.45, 2.75) is 26.2 Å². The highest BCUT2D eigenvalue weighted by molar-refractivity contribution is 5.75. The predicted molar refractivity (Wildman–Crippen MR) is 74.2 cm³/mol. The molecule has 19 heavy (non-hydrogen) atoms. The van der Waals surface area contributed by atoms with Gasteiger partial charge in [-0.25, -0.2) is 0 Å². The standard InChI is InChI=1S/C16H17NO2/c1-11-5-3-7-13(9-11)10-14(16(18)19)15-8-4-6-12(2)17-15/h3-9,14H,10H2,1-2H3,(H,18,19). The smallest absolute Gasteiger partial charge is 0.312 e. The Labute approximate surface area is 112 Å². The summed E-state index contributed by atoms with van der Waals surface area (Å²) in [4.78, 5) is 15.8. The van der Waals surface area contributed by atoms with Crippen molar-refractivity contribution in [1.82, 2.24) is 4.98 Å². The van der Waals surface area contributed by atoms with E-state index in [2.05, 4.69) is 4.98 Å². The number of carboxylic acids is 1. The summed E-state index contributed by atoms with van der Waals surface area (Å²) in [7, 11) is 0. The van der Waals surface area contributed by atoms with E-state index in [9.17, 15) is 9.90 Å². The van der Waals surface area contributed by atoms with Crippen molar-refractivity contribution < 1.29 is 9.90 Å². The molecule has 1 aromatic heterocycles. The Balaban J connectivity index is 2.29. The topological polar surface area (TPSA) is 50.2 Å². The van der Waals surface area contributed by atoms with E-state index in [-0.39, 0.29) is 0 Å². The van der Waals surface area contributed by atoms with E-state index in [1.807, 2.05) is 50.2 Å². The third-order valence-electron chi connectivity index (χ3n) is 3.09. The zero-order valence-electron chi connectivity index (χ0n) is 11.1. The average Bonchev–Trinajstić information content (AvgIpc) is 2.35. The molecule has 0 saturated carbocycles. The number of nitrogens with zero attached hydrogens (tertiary/aromatic N) is 1. The predicted octanol–water partition coefficient (Wildman–Crippen LogP) is 3.11. The van der Waals surface area contributed by atoms with E-state index in [1.54, 1.807) is 6.07 Å². The van der Waals surface area contributed by atoms with Crippen LogP contribution in [0, 0.1) is 13.8 Å². The van der Waals surface area contributed by atoms with Crippen LogP contribution >= 0.6 is 0 Å². The second-order valence-corrected chi connectivity index (χ2v) is 4.79. The minimum Gasteiger partial charge on any atom is -0.481 e. The quantitative estimate of drug-likeness (QED) is 0.913. The molecular formula is C16H17NO2. The first kappa shape index (κ1) is 13.3. The normalized spacial score (nSPS) is 12.1. The average molecular weight is 255 g/mol. The molecule has 0 radical (unpaired) electrons. The van der Waals surface area contributed by atoms with Gasteiger partial charge in [-0.1, -0.05) is 35.9 Å². The Morgan fingerprint density at radius 1 is 1.21 bits per heavy atom. The van der Waals surface area contributed by atoms with Crippen molar-refractivity contribution in [1.29, 1.82) is 0 Å². The van der Waals surface area contributed by atoms with Crippen LogP contribution in [-0.4, -0.2) is 16.1 Å². The fraction of sp³-hybridized carbons (Fsp3) is 0.250. The summed E-state index contributed by atoms with van der Waals surface area (Å²) in [6.45, 7) is 3.87. The number of benzene rings is 1. The van der Waals surface area contributed by atoms with Gasteiger partial charge in [-0.3, -0.25) is 9.78 Å². The Hall–Kier alpha value is -2.16. The highest BCUT2D eigenvalue weighted by Crippen LogP contribution is 2.20. The number of hydrogen-bond acceptors (Lipinski definition) is 2. The monoisotopic (exact) mass is 255 g/mol. The first-order valence-corrected chi connectivity index (χ1v) is 6.28. The van der Waals surface area contributed by atoms with Gasteiger partial charge < -0.3 is 5.11 Å². The van der Waals surface area contributed by atoms with Gasteiger partial charge in [-0.15, -0.1) is 0 Å². The number of pyridine rings is 1. The molecule has 0 fully saturated rings. The minimum atomic E-state index is -0.834. The van der Waals surface area contributed by atoms with Crippen LogP contribution < -0.4 is 0 Å². The van der Waals surface area contributed by atoms with Gasteiger partial charge in [0.2, 0.25) is 0 Å². The Bertz CT molecular complexity index is 593. The van der Waals surface area contributed by atoms with E-state index in [0.717, 1.165) is 16.8 Å². The molecule has 98 valence electrons. The highest BCUT2D eigenvalue weighted by atomic mass is 16.4. The summed E-state index contributed by atoms with van der Waals surface area (Å²) in [6, 6.07) is 13.4. The van der Waals surface area contributed by atoms with Crippen LogP contribution in [0.15, 0.2) is 42.5 Å². The molecule has 0 aliphatic carbocycles. The number of rotatable bonds is 4. The molecule has 1 aromatic carbocycles. The van der Waals surface area contributed by atoms with Gasteiger partial charge in [-0.05, 0) is 38.0 Å². The third kappa shape index (κ3) is 3.41. The van der Waals surface area contributed by atoms with Gasteiger partial charge >= 0.3 is 5.97 Å². The summed E-state index contributed by atoms with van der Waals surface area (Å²) in [5, 5.41) is 9.41. The van der Waals surface area contributed by atoms with Crippen molar-refractivity contribution in [3.8, 4) is 0 Å². The number of aliphatic carboxylic acids is 1. The number of hydrogen-bond donors (Lipinski definition) is 1. The molecule has 0 saturated heterocycles. The number of aryl methyl sites for hydroxylation is 2. The number of carbonyl (C=O) groups is 1. The molecule has 0 amide bonds. The summed E-state index contributed by atoms with van der Waals surface area (Å²) >= 11 is 0. The van der Waals surface area contributed by atoms with Crippen LogP contribution in [0.5, 0.6) is 0 Å². The fourth-order valence-electron chi connectivity index (χ4n) is 2.15. The number of aromatic nitrogens is 1. The van der Waals surface area contributed by atoms with Gasteiger partial charge in [0.25, 0.3) is 0 Å².